The van der Waals surface area contributed by atoms with Gasteiger partial charge in [0.25, 0.3) is 0 Å². The molecule has 1 aromatic heterocycles. The van der Waals surface area contributed by atoms with Gasteiger partial charge in [-0.05, 0) is 38.0 Å². The lowest BCUT2D eigenvalue weighted by Gasteiger charge is -2.34. The molecule has 146 valence electrons. The number of carbonyl (C=O) groups is 1. The predicted octanol–water partition coefficient (Wildman–Crippen LogP) is 1.87. The van der Waals surface area contributed by atoms with E-state index in [2.05, 4.69) is 10.3 Å². The Labute approximate surface area is 159 Å². The quantitative estimate of drug-likeness (QED) is 0.850. The highest BCUT2D eigenvalue weighted by Crippen LogP contribution is 2.40. The maximum atomic E-state index is 12.8. The van der Waals surface area contributed by atoms with E-state index in [1.54, 1.807) is 0 Å². The van der Waals surface area contributed by atoms with Gasteiger partial charge >= 0.3 is 0 Å². The highest BCUT2D eigenvalue weighted by molar-refractivity contribution is 5.76. The van der Waals surface area contributed by atoms with Crippen molar-refractivity contribution in [1.29, 1.82) is 0 Å². The number of anilines is 1. The summed E-state index contributed by atoms with van der Waals surface area (Å²) in [5.41, 5.74) is 1.98. The number of likely N-dealkylation sites (tertiary alicyclic amines) is 1. The Morgan fingerprint density at radius 3 is 3.07 bits per heavy atom. The van der Waals surface area contributed by atoms with Gasteiger partial charge in [0.1, 0.15) is 0 Å². The van der Waals surface area contributed by atoms with Crippen molar-refractivity contribution in [3.8, 4) is 0 Å². The minimum absolute atomic E-state index is 0.178. The van der Waals surface area contributed by atoms with Crippen LogP contribution in [0.2, 0.25) is 0 Å². The van der Waals surface area contributed by atoms with Gasteiger partial charge in [-0.3, -0.25) is 4.79 Å². The number of fused-ring (bicyclic) bond motifs is 2. The highest BCUT2D eigenvalue weighted by atomic mass is 16.5. The molecule has 1 aliphatic carbocycles. The summed E-state index contributed by atoms with van der Waals surface area (Å²) in [7, 11) is 0. The number of ether oxygens (including phenoxy) is 2. The van der Waals surface area contributed by atoms with E-state index in [0.717, 1.165) is 56.2 Å². The van der Waals surface area contributed by atoms with Crippen LogP contribution in [-0.2, 0) is 26.3 Å². The van der Waals surface area contributed by atoms with Crippen LogP contribution in [0.25, 0.3) is 0 Å². The zero-order valence-electron chi connectivity index (χ0n) is 15.8. The summed E-state index contributed by atoms with van der Waals surface area (Å²) in [6.45, 7) is 4.36. The molecule has 1 N–H and O–H groups in total. The van der Waals surface area contributed by atoms with Crippen LogP contribution in [0.3, 0.4) is 0 Å². The second kappa shape index (κ2) is 7.02. The normalized spacial score (nSPS) is 29.9. The zero-order chi connectivity index (χ0) is 18.3. The van der Waals surface area contributed by atoms with Gasteiger partial charge in [-0.2, -0.15) is 0 Å². The Bertz CT molecular complexity index is 717. The van der Waals surface area contributed by atoms with Crippen molar-refractivity contribution in [2.45, 2.75) is 56.6 Å². The minimum Gasteiger partial charge on any atom is -0.381 e. The van der Waals surface area contributed by atoms with Gasteiger partial charge < -0.3 is 19.7 Å². The molecule has 7 heteroatoms. The standard InChI is InChI=1S/C20H28N4O3/c25-17(4-1-14-5-8-26-10-14)24-7-6-20(12-24)13-27-11-15-9-21-19(23-18(15)20)22-16-2-3-16/h9,14,16H,1-8,10-13H2,(H,21,22,23)/t14?,20-/m0/s1. The molecule has 0 aromatic carbocycles. The lowest BCUT2D eigenvalue weighted by atomic mass is 9.80. The smallest absolute Gasteiger partial charge is 0.223 e. The Morgan fingerprint density at radius 1 is 1.33 bits per heavy atom. The monoisotopic (exact) mass is 372 g/mol. The average Bonchev–Trinajstić information content (AvgIpc) is 3.18. The Hall–Kier alpha value is -1.73. The number of rotatable bonds is 5. The summed E-state index contributed by atoms with van der Waals surface area (Å²) in [5, 5.41) is 3.40. The molecule has 4 heterocycles. The topological polar surface area (TPSA) is 76.6 Å². The molecule has 2 saturated heterocycles. The van der Waals surface area contributed by atoms with Gasteiger partial charge in [0.15, 0.2) is 0 Å². The van der Waals surface area contributed by atoms with Gasteiger partial charge in [0, 0.05) is 50.5 Å². The van der Waals surface area contributed by atoms with E-state index >= 15 is 0 Å². The number of hydrogen-bond acceptors (Lipinski definition) is 6. The van der Waals surface area contributed by atoms with E-state index in [4.69, 9.17) is 14.5 Å². The lowest BCUT2D eigenvalue weighted by Crippen LogP contribution is -2.41. The second-order valence-electron chi connectivity index (χ2n) is 8.59. The Balaban J connectivity index is 1.28. The summed E-state index contributed by atoms with van der Waals surface area (Å²) in [5.74, 6) is 1.54. The van der Waals surface area contributed by atoms with E-state index < -0.39 is 0 Å². The second-order valence-corrected chi connectivity index (χ2v) is 8.59. The van der Waals surface area contributed by atoms with Crippen molar-refractivity contribution in [2.24, 2.45) is 5.92 Å². The molecule has 1 spiro atoms. The van der Waals surface area contributed by atoms with Crippen molar-refractivity contribution in [3.63, 3.8) is 0 Å². The van der Waals surface area contributed by atoms with E-state index in [9.17, 15) is 4.79 Å². The summed E-state index contributed by atoms with van der Waals surface area (Å²) >= 11 is 0. The first-order chi connectivity index (χ1) is 13.2. The summed E-state index contributed by atoms with van der Waals surface area (Å²) < 4.78 is 11.3. The molecule has 3 fully saturated rings. The summed E-state index contributed by atoms with van der Waals surface area (Å²) in [4.78, 5) is 24.1. The van der Waals surface area contributed by atoms with Gasteiger partial charge in [0.2, 0.25) is 11.9 Å². The SMILES string of the molecule is O=C(CCC1CCOC1)N1CC[C@@]2(COCc3cnc(NC4CC4)nc32)C1. The first kappa shape index (κ1) is 17.4. The third-order valence-electron chi connectivity index (χ3n) is 6.41. The zero-order valence-corrected chi connectivity index (χ0v) is 15.8. The number of aromatic nitrogens is 2. The lowest BCUT2D eigenvalue weighted by molar-refractivity contribution is -0.130. The molecule has 5 rings (SSSR count). The molecule has 7 nitrogen and oxygen atoms in total. The molecule has 1 amide bonds. The third kappa shape index (κ3) is 3.55. The molecule has 1 aromatic rings. The molecular formula is C20H28N4O3. The molecule has 1 saturated carbocycles. The number of nitrogens with zero attached hydrogens (tertiary/aromatic N) is 3. The Kier molecular flexibility index (Phi) is 4.52. The molecule has 4 aliphatic rings. The van der Waals surface area contributed by atoms with Crippen molar-refractivity contribution in [1.82, 2.24) is 14.9 Å². The van der Waals surface area contributed by atoms with Crippen LogP contribution in [-0.4, -0.2) is 59.7 Å². The van der Waals surface area contributed by atoms with Crippen LogP contribution in [0.15, 0.2) is 6.20 Å². The first-order valence-electron chi connectivity index (χ1n) is 10.3. The van der Waals surface area contributed by atoms with Gasteiger partial charge in [-0.25, -0.2) is 9.97 Å². The van der Waals surface area contributed by atoms with Gasteiger partial charge in [0.05, 0.1) is 24.3 Å². The fraction of sp³-hybridized carbons (Fsp3) is 0.750. The van der Waals surface area contributed by atoms with Crippen LogP contribution >= 0.6 is 0 Å². The maximum absolute atomic E-state index is 12.8. The van der Waals surface area contributed by atoms with Crippen LogP contribution in [0, 0.1) is 5.92 Å². The molecule has 3 aliphatic heterocycles. The summed E-state index contributed by atoms with van der Waals surface area (Å²) in [6, 6.07) is 0.528. The largest absolute Gasteiger partial charge is 0.381 e. The van der Waals surface area contributed by atoms with E-state index in [1.807, 2.05) is 11.1 Å². The van der Waals surface area contributed by atoms with Crippen molar-refractivity contribution in [3.05, 3.63) is 17.5 Å². The molecule has 0 radical (unpaired) electrons. The number of hydrogen-bond donors (Lipinski definition) is 1. The maximum Gasteiger partial charge on any atom is 0.223 e. The molecule has 1 unspecified atom stereocenters. The highest BCUT2D eigenvalue weighted by Gasteiger charge is 2.46. The Morgan fingerprint density at radius 2 is 2.26 bits per heavy atom. The molecule has 27 heavy (non-hydrogen) atoms. The van der Waals surface area contributed by atoms with Crippen molar-refractivity contribution < 1.29 is 14.3 Å². The van der Waals surface area contributed by atoms with Crippen LogP contribution in [0.1, 0.15) is 49.8 Å². The third-order valence-corrected chi connectivity index (χ3v) is 6.41. The van der Waals surface area contributed by atoms with Crippen LogP contribution in [0.5, 0.6) is 0 Å². The number of nitrogens with one attached hydrogen (secondary N) is 1. The molecular weight excluding hydrogens is 344 g/mol. The van der Waals surface area contributed by atoms with Crippen LogP contribution < -0.4 is 5.32 Å². The number of carbonyl (C=O) groups excluding carboxylic acids is 1. The molecule has 0 bridgehead atoms. The van der Waals surface area contributed by atoms with Gasteiger partial charge in [-0.15, -0.1) is 0 Å². The van der Waals surface area contributed by atoms with Crippen LogP contribution in [0.4, 0.5) is 5.95 Å². The summed E-state index contributed by atoms with van der Waals surface area (Å²) in [6.07, 6.45) is 7.86. The first-order valence-corrected chi connectivity index (χ1v) is 10.3. The molecule has 2 atom stereocenters. The number of amides is 1. The minimum atomic E-state index is -0.178. The van der Waals surface area contributed by atoms with E-state index in [0.29, 0.717) is 38.1 Å². The van der Waals surface area contributed by atoms with E-state index in [-0.39, 0.29) is 11.3 Å². The predicted molar refractivity (Wildman–Crippen MR) is 99.4 cm³/mol. The van der Waals surface area contributed by atoms with Gasteiger partial charge in [-0.1, -0.05) is 0 Å². The van der Waals surface area contributed by atoms with E-state index in [1.165, 1.54) is 12.8 Å². The van der Waals surface area contributed by atoms with Crippen molar-refractivity contribution in [2.75, 3.05) is 38.2 Å². The fourth-order valence-corrected chi connectivity index (χ4v) is 4.57. The average molecular weight is 372 g/mol. The van der Waals surface area contributed by atoms with Crippen molar-refractivity contribution >= 4 is 11.9 Å². The fourth-order valence-electron chi connectivity index (χ4n) is 4.57.